The molecule has 1 aliphatic rings. The van der Waals surface area contributed by atoms with Gasteiger partial charge in [-0.2, -0.15) is 4.98 Å². The molecule has 2 aromatic carbocycles. The lowest BCUT2D eigenvalue weighted by Crippen LogP contribution is -2.03. The molecule has 0 unspecified atom stereocenters. The Labute approximate surface area is 185 Å². The number of aromatic nitrogens is 2. The zero-order valence-corrected chi connectivity index (χ0v) is 18.5. The van der Waals surface area contributed by atoms with E-state index in [9.17, 15) is 0 Å². The van der Waals surface area contributed by atoms with Crippen molar-refractivity contribution >= 4 is 35.1 Å². The van der Waals surface area contributed by atoms with Gasteiger partial charge in [-0.1, -0.05) is 6.07 Å². The van der Waals surface area contributed by atoms with Crippen molar-refractivity contribution in [1.29, 1.82) is 0 Å². The molecule has 0 saturated heterocycles. The summed E-state index contributed by atoms with van der Waals surface area (Å²) in [5, 5.41) is 12.6. The zero-order chi connectivity index (χ0) is 21.8. The molecule has 0 atom stereocenters. The topological polar surface area (TPSA) is 104 Å². The smallest absolute Gasteiger partial charge is 0.229 e. The fourth-order valence-corrected chi connectivity index (χ4v) is 4.40. The second-order valence-corrected chi connectivity index (χ2v) is 7.62. The average molecular weight is 440 g/mol. The number of anilines is 4. The normalized spacial score (nSPS) is 12.3. The fraction of sp³-hybridized carbons (Fsp3) is 0.273. The predicted molar refractivity (Wildman–Crippen MR) is 123 cm³/mol. The van der Waals surface area contributed by atoms with Gasteiger partial charge in [-0.15, -0.1) is 0 Å². The summed E-state index contributed by atoms with van der Waals surface area (Å²) >= 11 is 1.28. The number of hydrogen-bond donors (Lipinski definition) is 3. The van der Waals surface area contributed by atoms with Crippen LogP contribution in [0.25, 0.3) is 0 Å². The Bertz CT molecular complexity index is 1070. The number of nitrogens with zero attached hydrogens (tertiary/aromatic N) is 2. The van der Waals surface area contributed by atoms with Gasteiger partial charge in [-0.25, -0.2) is 4.98 Å². The molecule has 1 heterocycles. The standard InChI is InChI=1S/C22H25N5O3S/c1-28-17-11-14(12-18(29-2)20(17)30-3)25-22-24-10-9-19(27-22)26-16-8-7-13-5-4-6-15(13)21(16)31-23/h7-12H,4-6,23H2,1-3H3,(H2,24,25,26,27). The van der Waals surface area contributed by atoms with Crippen LogP contribution in [-0.4, -0.2) is 31.3 Å². The molecule has 9 heteroatoms. The van der Waals surface area contributed by atoms with Crippen molar-refractivity contribution in [2.75, 3.05) is 32.0 Å². The van der Waals surface area contributed by atoms with Crippen LogP contribution in [0.5, 0.6) is 17.2 Å². The van der Waals surface area contributed by atoms with Crippen molar-refractivity contribution in [3.63, 3.8) is 0 Å². The van der Waals surface area contributed by atoms with Gasteiger partial charge < -0.3 is 24.8 Å². The number of methoxy groups -OCH3 is 3. The Balaban J connectivity index is 1.59. The highest BCUT2D eigenvalue weighted by Gasteiger charge is 2.18. The Morgan fingerprint density at radius 3 is 2.42 bits per heavy atom. The first-order valence-electron chi connectivity index (χ1n) is 9.85. The first-order chi connectivity index (χ1) is 15.2. The van der Waals surface area contributed by atoms with E-state index in [1.165, 1.54) is 29.5 Å². The third-order valence-electron chi connectivity index (χ3n) is 5.19. The Hall–Kier alpha value is -3.17. The molecule has 0 bridgehead atoms. The van der Waals surface area contributed by atoms with E-state index in [1.54, 1.807) is 39.7 Å². The van der Waals surface area contributed by atoms with E-state index in [4.69, 9.17) is 19.3 Å². The van der Waals surface area contributed by atoms with Crippen molar-refractivity contribution in [3.8, 4) is 17.2 Å². The van der Waals surface area contributed by atoms with Crippen LogP contribution in [0.2, 0.25) is 0 Å². The summed E-state index contributed by atoms with van der Waals surface area (Å²) < 4.78 is 16.2. The van der Waals surface area contributed by atoms with Gasteiger partial charge in [-0.05, 0) is 54.5 Å². The van der Waals surface area contributed by atoms with Crippen molar-refractivity contribution in [2.45, 2.75) is 24.2 Å². The number of benzene rings is 2. The molecule has 1 aromatic heterocycles. The largest absolute Gasteiger partial charge is 0.493 e. The van der Waals surface area contributed by atoms with Gasteiger partial charge in [0.1, 0.15) is 5.82 Å². The van der Waals surface area contributed by atoms with Crippen LogP contribution in [0.4, 0.5) is 23.1 Å². The van der Waals surface area contributed by atoms with E-state index in [0.29, 0.717) is 34.7 Å². The van der Waals surface area contributed by atoms with E-state index >= 15 is 0 Å². The lowest BCUT2D eigenvalue weighted by molar-refractivity contribution is 0.324. The Morgan fingerprint density at radius 2 is 1.74 bits per heavy atom. The minimum Gasteiger partial charge on any atom is -0.493 e. The second kappa shape index (κ2) is 9.32. The number of nitrogens with one attached hydrogen (secondary N) is 2. The molecular weight excluding hydrogens is 414 g/mol. The highest BCUT2D eigenvalue weighted by molar-refractivity contribution is 7.97. The quantitative estimate of drug-likeness (QED) is 0.439. The molecule has 8 nitrogen and oxygen atoms in total. The van der Waals surface area contributed by atoms with Crippen molar-refractivity contribution in [1.82, 2.24) is 9.97 Å². The molecule has 4 rings (SSSR count). The minimum absolute atomic E-state index is 0.433. The van der Waals surface area contributed by atoms with Crippen LogP contribution >= 0.6 is 11.9 Å². The maximum atomic E-state index is 5.99. The van der Waals surface area contributed by atoms with Gasteiger partial charge in [0.25, 0.3) is 0 Å². The molecule has 0 amide bonds. The number of hydrogen-bond acceptors (Lipinski definition) is 9. The van der Waals surface area contributed by atoms with Gasteiger partial charge in [0, 0.05) is 28.9 Å². The lowest BCUT2D eigenvalue weighted by atomic mass is 10.1. The van der Waals surface area contributed by atoms with Gasteiger partial charge >= 0.3 is 0 Å². The van der Waals surface area contributed by atoms with E-state index in [2.05, 4.69) is 32.7 Å². The molecule has 4 N–H and O–H groups in total. The van der Waals surface area contributed by atoms with Crippen molar-refractivity contribution in [2.24, 2.45) is 5.14 Å². The van der Waals surface area contributed by atoms with Crippen LogP contribution in [0.3, 0.4) is 0 Å². The van der Waals surface area contributed by atoms with Gasteiger partial charge in [0.2, 0.25) is 11.7 Å². The summed E-state index contributed by atoms with van der Waals surface area (Å²) in [7, 11) is 4.72. The van der Waals surface area contributed by atoms with E-state index in [-0.39, 0.29) is 0 Å². The number of nitrogens with two attached hydrogens (primary N) is 1. The number of aryl methyl sites for hydroxylation is 1. The van der Waals surface area contributed by atoms with E-state index < -0.39 is 0 Å². The third-order valence-corrected chi connectivity index (χ3v) is 5.89. The molecule has 0 saturated carbocycles. The first-order valence-corrected chi connectivity index (χ1v) is 10.7. The summed E-state index contributed by atoms with van der Waals surface area (Å²) in [6, 6.07) is 9.65. The van der Waals surface area contributed by atoms with Crippen LogP contribution < -0.4 is 30.0 Å². The van der Waals surface area contributed by atoms with E-state index in [1.807, 2.05) is 6.07 Å². The molecular formula is C22H25N5O3S. The fourth-order valence-electron chi connectivity index (χ4n) is 3.77. The predicted octanol–water partition coefficient (Wildman–Crippen LogP) is 4.44. The Morgan fingerprint density at radius 1 is 0.968 bits per heavy atom. The van der Waals surface area contributed by atoms with E-state index in [0.717, 1.165) is 23.4 Å². The number of fused-ring (bicyclic) bond motifs is 1. The summed E-state index contributed by atoms with van der Waals surface area (Å²) in [6.45, 7) is 0. The van der Waals surface area contributed by atoms with Crippen molar-refractivity contribution in [3.05, 3.63) is 47.7 Å². The second-order valence-electron chi connectivity index (χ2n) is 6.98. The summed E-state index contributed by atoms with van der Waals surface area (Å²) in [4.78, 5) is 9.99. The lowest BCUT2D eigenvalue weighted by Gasteiger charge is -2.15. The maximum Gasteiger partial charge on any atom is 0.229 e. The molecule has 1 aliphatic carbocycles. The number of rotatable bonds is 8. The molecule has 3 aromatic rings. The SMILES string of the molecule is COc1cc(Nc2nccc(Nc3ccc4c(c3SN)CCC4)n2)cc(OC)c1OC. The molecule has 0 aliphatic heterocycles. The molecule has 31 heavy (non-hydrogen) atoms. The summed E-state index contributed by atoms with van der Waals surface area (Å²) in [5.41, 5.74) is 4.38. The number of ether oxygens (including phenoxy) is 3. The van der Waals surface area contributed by atoms with Gasteiger partial charge in [0.05, 0.1) is 27.0 Å². The van der Waals surface area contributed by atoms with Crippen LogP contribution in [-0.2, 0) is 12.8 Å². The van der Waals surface area contributed by atoms with Gasteiger partial charge in [0.15, 0.2) is 11.5 Å². The molecule has 0 radical (unpaired) electrons. The molecule has 0 spiro atoms. The minimum atomic E-state index is 0.433. The molecule has 0 fully saturated rings. The average Bonchev–Trinajstić information content (AvgIpc) is 3.27. The van der Waals surface area contributed by atoms with Crippen molar-refractivity contribution < 1.29 is 14.2 Å². The first kappa shape index (κ1) is 21.1. The van der Waals surface area contributed by atoms with Crippen LogP contribution in [0.15, 0.2) is 41.4 Å². The highest BCUT2D eigenvalue weighted by atomic mass is 32.2. The Kier molecular flexibility index (Phi) is 6.34. The summed E-state index contributed by atoms with van der Waals surface area (Å²) in [6.07, 6.45) is 5.03. The monoisotopic (exact) mass is 439 g/mol. The van der Waals surface area contributed by atoms with Crippen LogP contribution in [0, 0.1) is 0 Å². The van der Waals surface area contributed by atoms with Crippen LogP contribution in [0.1, 0.15) is 17.5 Å². The summed E-state index contributed by atoms with van der Waals surface area (Å²) in [5.74, 6) is 2.71. The third kappa shape index (κ3) is 4.33. The highest BCUT2D eigenvalue weighted by Crippen LogP contribution is 2.40. The van der Waals surface area contributed by atoms with Gasteiger partial charge in [-0.3, -0.25) is 5.14 Å². The molecule has 162 valence electrons. The zero-order valence-electron chi connectivity index (χ0n) is 17.7. The maximum absolute atomic E-state index is 5.99.